The fraction of sp³-hybridized carbons (Fsp3) is 0.273. The second-order valence-corrected chi connectivity index (χ2v) is 3.57. The van der Waals surface area contributed by atoms with Crippen molar-refractivity contribution in [1.82, 2.24) is 0 Å². The van der Waals surface area contributed by atoms with Crippen LogP contribution >= 0.6 is 0 Å². The van der Waals surface area contributed by atoms with Gasteiger partial charge in [0, 0.05) is 6.42 Å². The maximum absolute atomic E-state index is 9.29. The van der Waals surface area contributed by atoms with Crippen LogP contribution in [0.25, 0.3) is 0 Å². The molecule has 1 aliphatic heterocycles. The highest BCUT2D eigenvalue weighted by molar-refractivity contribution is 5.56. The van der Waals surface area contributed by atoms with E-state index in [1.165, 1.54) is 16.7 Å². The maximum atomic E-state index is 9.29. The molecule has 2 aliphatic carbocycles. The standard InChI is InChI=1S/C11H10O2/c12-11-6-9-4-7-2-1-3-8(7)5-10(9)13-11/h1-3,5,11-12H,4,6H2. The lowest BCUT2D eigenvalue weighted by atomic mass is 9.93. The van der Waals surface area contributed by atoms with Gasteiger partial charge in [-0.25, -0.2) is 0 Å². The van der Waals surface area contributed by atoms with Gasteiger partial charge in [-0.15, -0.1) is 0 Å². The Balaban J connectivity index is 2.01. The van der Waals surface area contributed by atoms with Crippen LogP contribution in [0.4, 0.5) is 0 Å². The summed E-state index contributed by atoms with van der Waals surface area (Å²) in [4.78, 5) is 0. The molecule has 3 rings (SSSR count). The number of hydrogen-bond acceptors (Lipinski definition) is 2. The Hall–Kier alpha value is -1.28. The SMILES string of the molecule is OC1CC2=C(C=C3C=CC=C3C2)O1. The lowest BCUT2D eigenvalue weighted by molar-refractivity contribution is -0.0410. The molecule has 1 unspecified atom stereocenters. The van der Waals surface area contributed by atoms with E-state index in [1.54, 1.807) is 0 Å². The molecule has 2 heteroatoms. The predicted molar refractivity (Wildman–Crippen MR) is 48.7 cm³/mol. The van der Waals surface area contributed by atoms with Gasteiger partial charge < -0.3 is 9.84 Å². The van der Waals surface area contributed by atoms with Crippen LogP contribution in [0.3, 0.4) is 0 Å². The number of fused-ring (bicyclic) bond motifs is 1. The van der Waals surface area contributed by atoms with Crippen molar-refractivity contribution in [2.24, 2.45) is 0 Å². The lowest BCUT2D eigenvalue weighted by Crippen LogP contribution is -2.02. The zero-order valence-corrected chi connectivity index (χ0v) is 7.16. The van der Waals surface area contributed by atoms with E-state index in [0.29, 0.717) is 6.42 Å². The van der Waals surface area contributed by atoms with Crippen molar-refractivity contribution in [3.8, 4) is 0 Å². The topological polar surface area (TPSA) is 29.5 Å². The Labute approximate surface area is 76.5 Å². The predicted octanol–water partition coefficient (Wildman–Crippen LogP) is 1.81. The number of aliphatic hydroxyl groups is 1. The molecule has 0 fully saturated rings. The van der Waals surface area contributed by atoms with Gasteiger partial charge in [0.25, 0.3) is 0 Å². The van der Waals surface area contributed by atoms with Crippen LogP contribution < -0.4 is 0 Å². The molecule has 1 heterocycles. The number of aliphatic hydroxyl groups excluding tert-OH is 1. The first kappa shape index (κ1) is 7.15. The maximum Gasteiger partial charge on any atom is 0.201 e. The summed E-state index contributed by atoms with van der Waals surface area (Å²) in [5.74, 6) is 0.881. The van der Waals surface area contributed by atoms with E-state index in [-0.39, 0.29) is 0 Å². The van der Waals surface area contributed by atoms with Crippen LogP contribution in [0, 0.1) is 0 Å². The van der Waals surface area contributed by atoms with E-state index in [4.69, 9.17) is 4.74 Å². The van der Waals surface area contributed by atoms with Crippen LogP contribution in [-0.4, -0.2) is 11.4 Å². The average Bonchev–Trinajstić information content (AvgIpc) is 2.63. The van der Waals surface area contributed by atoms with Gasteiger partial charge in [-0.3, -0.25) is 0 Å². The summed E-state index contributed by atoms with van der Waals surface area (Å²) in [7, 11) is 0. The molecule has 0 saturated heterocycles. The first-order valence-electron chi connectivity index (χ1n) is 4.49. The zero-order valence-electron chi connectivity index (χ0n) is 7.16. The van der Waals surface area contributed by atoms with Crippen LogP contribution in [0.5, 0.6) is 0 Å². The van der Waals surface area contributed by atoms with Crippen molar-refractivity contribution in [3.63, 3.8) is 0 Å². The fourth-order valence-electron chi connectivity index (χ4n) is 2.02. The van der Waals surface area contributed by atoms with E-state index in [1.807, 2.05) is 6.08 Å². The first-order chi connectivity index (χ1) is 6.33. The van der Waals surface area contributed by atoms with E-state index in [2.05, 4.69) is 18.2 Å². The van der Waals surface area contributed by atoms with E-state index in [0.717, 1.165) is 12.2 Å². The fourth-order valence-corrected chi connectivity index (χ4v) is 2.02. The van der Waals surface area contributed by atoms with E-state index >= 15 is 0 Å². The summed E-state index contributed by atoms with van der Waals surface area (Å²) in [5, 5.41) is 9.29. The minimum absolute atomic E-state index is 0.620. The molecule has 1 atom stereocenters. The molecule has 0 saturated carbocycles. The van der Waals surface area contributed by atoms with Crippen molar-refractivity contribution in [2.45, 2.75) is 19.1 Å². The minimum atomic E-state index is -0.620. The largest absolute Gasteiger partial charge is 0.465 e. The second-order valence-electron chi connectivity index (χ2n) is 3.57. The number of ether oxygens (including phenoxy) is 1. The third-order valence-corrected chi connectivity index (χ3v) is 2.67. The Morgan fingerprint density at radius 2 is 2.38 bits per heavy atom. The molecule has 0 aromatic carbocycles. The minimum Gasteiger partial charge on any atom is -0.465 e. The van der Waals surface area contributed by atoms with Gasteiger partial charge in [-0.1, -0.05) is 18.2 Å². The normalized spacial score (nSPS) is 29.5. The molecule has 3 aliphatic rings. The van der Waals surface area contributed by atoms with Crippen LogP contribution in [0.15, 0.2) is 46.8 Å². The number of rotatable bonds is 0. The van der Waals surface area contributed by atoms with Gasteiger partial charge in [0.05, 0.1) is 0 Å². The van der Waals surface area contributed by atoms with Gasteiger partial charge >= 0.3 is 0 Å². The van der Waals surface area contributed by atoms with Gasteiger partial charge in [-0.05, 0) is 29.2 Å². The molecule has 66 valence electrons. The summed E-state index contributed by atoms with van der Waals surface area (Å²) in [6.45, 7) is 0. The molecule has 0 spiro atoms. The molecule has 0 aromatic heterocycles. The van der Waals surface area contributed by atoms with Crippen molar-refractivity contribution in [1.29, 1.82) is 0 Å². The molecule has 13 heavy (non-hydrogen) atoms. The highest BCUT2D eigenvalue weighted by Gasteiger charge is 2.27. The number of allylic oxidation sites excluding steroid dienone is 6. The molecule has 1 N–H and O–H groups in total. The second kappa shape index (κ2) is 2.36. The van der Waals surface area contributed by atoms with Crippen LogP contribution in [0.1, 0.15) is 12.8 Å². The molecule has 0 amide bonds. The molecular weight excluding hydrogens is 164 g/mol. The van der Waals surface area contributed by atoms with Crippen LogP contribution in [-0.2, 0) is 4.74 Å². The summed E-state index contributed by atoms with van der Waals surface area (Å²) < 4.78 is 5.27. The van der Waals surface area contributed by atoms with Crippen molar-refractivity contribution in [3.05, 3.63) is 46.8 Å². The van der Waals surface area contributed by atoms with Crippen molar-refractivity contribution in [2.75, 3.05) is 0 Å². The zero-order chi connectivity index (χ0) is 8.84. The van der Waals surface area contributed by atoms with Gasteiger partial charge in [0.15, 0.2) is 0 Å². The van der Waals surface area contributed by atoms with Crippen molar-refractivity contribution >= 4 is 0 Å². The highest BCUT2D eigenvalue weighted by atomic mass is 16.6. The summed E-state index contributed by atoms with van der Waals surface area (Å²) in [5.41, 5.74) is 3.80. The van der Waals surface area contributed by atoms with Crippen molar-refractivity contribution < 1.29 is 9.84 Å². The monoisotopic (exact) mass is 174 g/mol. The lowest BCUT2D eigenvalue weighted by Gasteiger charge is -2.12. The quantitative estimate of drug-likeness (QED) is 0.606. The van der Waals surface area contributed by atoms with E-state index in [9.17, 15) is 5.11 Å². The van der Waals surface area contributed by atoms with Gasteiger partial charge in [-0.2, -0.15) is 0 Å². The Morgan fingerprint density at radius 3 is 3.31 bits per heavy atom. The third-order valence-electron chi connectivity index (χ3n) is 2.67. The smallest absolute Gasteiger partial charge is 0.201 e. The van der Waals surface area contributed by atoms with Crippen LogP contribution in [0.2, 0.25) is 0 Å². The molecular formula is C11H10O2. The Bertz CT molecular complexity index is 383. The first-order valence-corrected chi connectivity index (χ1v) is 4.49. The summed E-state index contributed by atoms with van der Waals surface area (Å²) in [6.07, 6.45) is 9.25. The highest BCUT2D eigenvalue weighted by Crippen LogP contribution is 2.38. The third kappa shape index (κ3) is 0.988. The molecule has 0 aromatic rings. The Morgan fingerprint density at radius 1 is 1.46 bits per heavy atom. The van der Waals surface area contributed by atoms with E-state index < -0.39 is 6.29 Å². The molecule has 0 bridgehead atoms. The summed E-state index contributed by atoms with van der Waals surface area (Å²) >= 11 is 0. The molecule has 2 nitrogen and oxygen atoms in total. The average molecular weight is 174 g/mol. The van der Waals surface area contributed by atoms with Gasteiger partial charge in [0.2, 0.25) is 6.29 Å². The van der Waals surface area contributed by atoms with Gasteiger partial charge in [0.1, 0.15) is 5.76 Å². The Kier molecular flexibility index (Phi) is 1.30. The number of hydrogen-bond donors (Lipinski definition) is 1. The summed E-state index contributed by atoms with van der Waals surface area (Å²) in [6, 6.07) is 0. The molecule has 0 radical (unpaired) electrons.